The van der Waals surface area contributed by atoms with Gasteiger partial charge in [-0.1, -0.05) is 34.6 Å². The molecule has 4 rings (SSSR count). The third-order valence-electron chi connectivity index (χ3n) is 5.85. The number of pyridine rings is 2. The van der Waals surface area contributed by atoms with Gasteiger partial charge in [-0.25, -0.2) is 9.78 Å². The van der Waals surface area contributed by atoms with E-state index in [9.17, 15) is 14.7 Å². The van der Waals surface area contributed by atoms with Gasteiger partial charge >= 0.3 is 6.16 Å². The highest BCUT2D eigenvalue weighted by atomic mass is 16.7. The summed E-state index contributed by atoms with van der Waals surface area (Å²) in [6.45, 7) is 19.5. The summed E-state index contributed by atoms with van der Waals surface area (Å²) >= 11 is 0. The Morgan fingerprint density at radius 3 is 2.27 bits per heavy atom. The summed E-state index contributed by atoms with van der Waals surface area (Å²) in [5, 5.41) is 11.2. The van der Waals surface area contributed by atoms with Crippen LogP contribution in [-0.2, 0) is 33.8 Å². The second-order valence-electron chi connectivity index (χ2n) is 9.48. The molecular formula is C31H44N2O7. The van der Waals surface area contributed by atoms with Gasteiger partial charge in [0.1, 0.15) is 18.1 Å². The minimum absolute atomic E-state index is 0.122. The van der Waals surface area contributed by atoms with Crippen molar-refractivity contribution in [1.82, 2.24) is 9.55 Å². The maximum Gasteiger partial charge on any atom is 0.514 e. The van der Waals surface area contributed by atoms with Crippen molar-refractivity contribution in [3.63, 3.8) is 0 Å². The van der Waals surface area contributed by atoms with Crippen molar-refractivity contribution >= 4 is 23.8 Å². The maximum absolute atomic E-state index is 13.3. The second-order valence-corrected chi connectivity index (χ2v) is 9.48. The Morgan fingerprint density at radius 1 is 1.12 bits per heavy atom. The van der Waals surface area contributed by atoms with Crippen LogP contribution in [0.25, 0.3) is 22.3 Å². The molecule has 1 aromatic carbocycles. The number of benzene rings is 1. The molecular weight excluding hydrogens is 512 g/mol. The minimum Gasteiger partial charge on any atom is -0.428 e. The first kappa shape index (κ1) is 34.5. The number of rotatable bonds is 5. The topological polar surface area (TPSA) is 117 Å². The van der Waals surface area contributed by atoms with E-state index in [-0.39, 0.29) is 12.2 Å². The van der Waals surface area contributed by atoms with Crippen LogP contribution in [0.1, 0.15) is 90.7 Å². The molecule has 1 atom stereocenters. The zero-order valence-electron chi connectivity index (χ0n) is 25.5. The van der Waals surface area contributed by atoms with Crippen LogP contribution < -0.4 is 10.3 Å². The number of ether oxygens (including phenoxy) is 3. The zero-order chi connectivity index (χ0) is 30.8. The molecule has 40 heavy (non-hydrogen) atoms. The Bertz CT molecular complexity index is 1350. The highest BCUT2D eigenvalue weighted by Crippen LogP contribution is 2.38. The van der Waals surface area contributed by atoms with Gasteiger partial charge in [-0.05, 0) is 69.5 Å². The van der Waals surface area contributed by atoms with E-state index >= 15 is 0 Å². The van der Waals surface area contributed by atoms with Crippen LogP contribution >= 0.6 is 0 Å². The summed E-state index contributed by atoms with van der Waals surface area (Å²) in [4.78, 5) is 38.3. The van der Waals surface area contributed by atoms with Crippen molar-refractivity contribution in [2.45, 2.75) is 93.6 Å². The van der Waals surface area contributed by atoms with Crippen LogP contribution in [0.4, 0.5) is 4.79 Å². The van der Waals surface area contributed by atoms with Gasteiger partial charge in [0.2, 0.25) is 0 Å². The normalized spacial score (nSPS) is 11.9. The number of carbonyl (C=O) groups excluding carboxylic acids is 2. The van der Waals surface area contributed by atoms with E-state index in [0.29, 0.717) is 35.5 Å². The highest BCUT2D eigenvalue weighted by molar-refractivity contribution is 5.89. The van der Waals surface area contributed by atoms with Crippen LogP contribution in [0.15, 0.2) is 29.1 Å². The van der Waals surface area contributed by atoms with E-state index < -0.39 is 17.9 Å². The maximum atomic E-state index is 13.3. The SMILES string of the molecule is C=O.CC.CC.CCc1c2c(nc3ccc(OC(=O)OC(C)(C)C)cc13)-c1cc([C@@H](C)O)c(COC)c(=O)n1C2. The zero-order valence-corrected chi connectivity index (χ0v) is 25.5. The molecule has 9 nitrogen and oxygen atoms in total. The fourth-order valence-electron chi connectivity index (χ4n) is 4.45. The summed E-state index contributed by atoms with van der Waals surface area (Å²) < 4.78 is 17.6. The Balaban J connectivity index is 0.00000125. The van der Waals surface area contributed by atoms with Crippen molar-refractivity contribution < 1.29 is 28.9 Å². The minimum atomic E-state index is -0.813. The molecule has 0 unspecified atom stereocenters. The number of aliphatic hydroxyl groups is 1. The lowest BCUT2D eigenvalue weighted by atomic mass is 9.98. The number of carbonyl (C=O) groups is 2. The van der Waals surface area contributed by atoms with Crippen LogP contribution in [0.3, 0.4) is 0 Å². The lowest BCUT2D eigenvalue weighted by Gasteiger charge is -2.19. The summed E-state index contributed by atoms with van der Waals surface area (Å²) in [5.41, 5.74) is 4.28. The standard InChI is InChI=1S/C26H30N2O6.2C2H6.CH2O/c1-7-16-18-10-15(33-25(31)34-26(3,4)5)8-9-21(18)27-23-19(16)12-28-22(23)11-17(14(2)29)20(13-32-6)24(28)30;3*1-2/h8-11,14,29H,7,12-13H2,1-6H3;2*1-2H3;1H2/t14-;;;/m1.../s1. The molecule has 0 saturated heterocycles. The molecule has 0 radical (unpaired) electrons. The van der Waals surface area contributed by atoms with E-state index in [0.717, 1.165) is 27.7 Å². The first-order valence-electron chi connectivity index (χ1n) is 13.6. The second kappa shape index (κ2) is 15.3. The Kier molecular flexibility index (Phi) is 13.2. The van der Waals surface area contributed by atoms with Crippen molar-refractivity contribution in [1.29, 1.82) is 0 Å². The quantitative estimate of drug-likeness (QED) is 0.223. The summed E-state index contributed by atoms with van der Waals surface area (Å²) in [5.74, 6) is 0.365. The molecule has 1 aliphatic rings. The molecule has 0 aliphatic carbocycles. The number of aromatic nitrogens is 2. The summed E-state index contributed by atoms with van der Waals surface area (Å²) in [6, 6.07) is 7.10. The van der Waals surface area contributed by atoms with E-state index in [4.69, 9.17) is 24.0 Å². The molecule has 9 heteroatoms. The summed E-state index contributed by atoms with van der Waals surface area (Å²) in [6.07, 6.45) is -0.880. The molecule has 1 aliphatic heterocycles. The Morgan fingerprint density at radius 2 is 1.75 bits per heavy atom. The average molecular weight is 557 g/mol. The van der Waals surface area contributed by atoms with Crippen LogP contribution in [-0.4, -0.2) is 40.3 Å². The number of hydrogen-bond acceptors (Lipinski definition) is 8. The average Bonchev–Trinajstić information content (AvgIpc) is 3.29. The number of nitrogens with zero attached hydrogens (tertiary/aromatic N) is 2. The number of hydrogen-bond donors (Lipinski definition) is 1. The largest absolute Gasteiger partial charge is 0.514 e. The van der Waals surface area contributed by atoms with Gasteiger partial charge in [0.05, 0.1) is 36.2 Å². The first-order valence-corrected chi connectivity index (χ1v) is 13.6. The monoisotopic (exact) mass is 556 g/mol. The number of aryl methyl sites for hydroxylation is 1. The highest BCUT2D eigenvalue weighted by Gasteiger charge is 2.29. The smallest absolute Gasteiger partial charge is 0.428 e. The molecule has 3 heterocycles. The number of methoxy groups -OCH3 is 1. The lowest BCUT2D eigenvalue weighted by molar-refractivity contribution is -0.0980. The van der Waals surface area contributed by atoms with Crippen molar-refractivity contribution in [2.24, 2.45) is 0 Å². The molecule has 220 valence electrons. The van der Waals surface area contributed by atoms with E-state index in [1.54, 1.807) is 50.5 Å². The van der Waals surface area contributed by atoms with Gasteiger partial charge in [0.25, 0.3) is 5.56 Å². The van der Waals surface area contributed by atoms with Crippen molar-refractivity contribution in [3.05, 3.63) is 56.9 Å². The molecule has 0 amide bonds. The van der Waals surface area contributed by atoms with E-state index in [1.807, 2.05) is 47.5 Å². The fourth-order valence-corrected chi connectivity index (χ4v) is 4.45. The van der Waals surface area contributed by atoms with E-state index in [1.165, 1.54) is 7.11 Å². The van der Waals surface area contributed by atoms with Crippen molar-refractivity contribution in [3.8, 4) is 17.1 Å². The molecule has 0 bridgehead atoms. The molecule has 1 N–H and O–H groups in total. The first-order chi connectivity index (χ1) is 19.0. The van der Waals surface area contributed by atoms with Gasteiger partial charge in [0.15, 0.2) is 0 Å². The van der Waals surface area contributed by atoms with Crippen LogP contribution in [0, 0.1) is 0 Å². The predicted molar refractivity (Wildman–Crippen MR) is 158 cm³/mol. The predicted octanol–water partition coefficient (Wildman–Crippen LogP) is 6.37. The van der Waals surface area contributed by atoms with Gasteiger partial charge < -0.3 is 28.7 Å². The number of fused-ring (bicyclic) bond motifs is 4. The van der Waals surface area contributed by atoms with Gasteiger partial charge in [0, 0.05) is 23.6 Å². The Labute approximate surface area is 237 Å². The molecule has 0 fully saturated rings. The third kappa shape index (κ3) is 7.55. The third-order valence-corrected chi connectivity index (χ3v) is 5.85. The molecule has 2 aromatic heterocycles. The molecule has 0 spiro atoms. The van der Waals surface area contributed by atoms with Gasteiger partial charge in [-0.3, -0.25) is 4.79 Å². The van der Waals surface area contributed by atoms with E-state index in [2.05, 4.69) is 0 Å². The van der Waals surface area contributed by atoms with Gasteiger partial charge in [-0.15, -0.1) is 0 Å². The van der Waals surface area contributed by atoms with Crippen molar-refractivity contribution in [2.75, 3.05) is 7.11 Å². The van der Waals surface area contributed by atoms with Crippen LogP contribution in [0.2, 0.25) is 0 Å². The molecule has 3 aromatic rings. The van der Waals surface area contributed by atoms with Gasteiger partial charge in [-0.2, -0.15) is 0 Å². The summed E-state index contributed by atoms with van der Waals surface area (Å²) in [7, 11) is 1.53. The Hall–Kier alpha value is -3.56. The fraction of sp³-hybridized carbons (Fsp3) is 0.484. The van der Waals surface area contributed by atoms with Crippen LogP contribution in [0.5, 0.6) is 5.75 Å². The number of aliphatic hydroxyl groups excluding tert-OH is 1. The molecule has 0 saturated carbocycles. The lowest BCUT2D eigenvalue weighted by Crippen LogP contribution is -2.26.